The van der Waals surface area contributed by atoms with E-state index in [2.05, 4.69) is 15.5 Å². The highest BCUT2D eigenvalue weighted by atomic mass is 15.5. The maximum atomic E-state index is 5.64. The first kappa shape index (κ1) is 11.8. The van der Waals surface area contributed by atoms with Crippen LogP contribution in [0.5, 0.6) is 0 Å². The smallest absolute Gasteiger partial charge is 0.152 e. The van der Waals surface area contributed by atoms with Gasteiger partial charge in [-0.2, -0.15) is 0 Å². The van der Waals surface area contributed by atoms with E-state index in [1.54, 1.807) is 0 Å². The SMILES string of the molecule is NCCc1nnnn1CC12CC3CC(CC(C3)C1)C2. The predicted octanol–water partition coefficient (Wildman–Crippen LogP) is 1.39. The van der Waals surface area contributed by atoms with Crippen molar-refractivity contribution >= 4 is 0 Å². The Morgan fingerprint density at radius 1 is 1.11 bits per heavy atom. The summed E-state index contributed by atoms with van der Waals surface area (Å²) in [4.78, 5) is 0. The maximum absolute atomic E-state index is 5.64. The van der Waals surface area contributed by atoms with Gasteiger partial charge in [0.1, 0.15) is 0 Å². The van der Waals surface area contributed by atoms with Crippen LogP contribution in [0.3, 0.4) is 0 Å². The molecule has 1 aromatic heterocycles. The Bertz CT molecular complexity index is 431. The zero-order valence-corrected chi connectivity index (χ0v) is 11.5. The normalized spacial score (nSPS) is 39.9. The van der Waals surface area contributed by atoms with Gasteiger partial charge in [0.25, 0.3) is 0 Å². The Balaban J connectivity index is 1.57. The molecule has 104 valence electrons. The molecule has 2 N–H and O–H groups in total. The van der Waals surface area contributed by atoms with Crippen LogP contribution >= 0.6 is 0 Å². The lowest BCUT2D eigenvalue weighted by molar-refractivity contribution is -0.0641. The Hall–Kier alpha value is -0.970. The minimum Gasteiger partial charge on any atom is -0.330 e. The van der Waals surface area contributed by atoms with E-state index in [9.17, 15) is 0 Å². The monoisotopic (exact) mass is 261 g/mol. The van der Waals surface area contributed by atoms with E-state index in [1.807, 2.05) is 4.68 Å². The average molecular weight is 261 g/mol. The molecule has 5 rings (SSSR count). The second-order valence-corrected chi connectivity index (χ2v) is 7.21. The van der Waals surface area contributed by atoms with Crippen molar-refractivity contribution in [2.45, 2.75) is 51.5 Å². The lowest BCUT2D eigenvalue weighted by Gasteiger charge is -2.56. The fraction of sp³-hybridized carbons (Fsp3) is 0.929. The van der Waals surface area contributed by atoms with E-state index >= 15 is 0 Å². The van der Waals surface area contributed by atoms with Crippen LogP contribution in [0.4, 0.5) is 0 Å². The van der Waals surface area contributed by atoms with Gasteiger partial charge in [-0.15, -0.1) is 5.10 Å². The minimum atomic E-state index is 0.494. The van der Waals surface area contributed by atoms with Gasteiger partial charge in [0.15, 0.2) is 5.82 Å². The quantitative estimate of drug-likeness (QED) is 0.889. The van der Waals surface area contributed by atoms with Crippen LogP contribution in [0.2, 0.25) is 0 Å². The minimum absolute atomic E-state index is 0.494. The van der Waals surface area contributed by atoms with Gasteiger partial charge in [0.2, 0.25) is 0 Å². The second-order valence-electron chi connectivity index (χ2n) is 7.21. The van der Waals surface area contributed by atoms with Gasteiger partial charge in [-0.25, -0.2) is 4.68 Å². The Labute approximate surface area is 113 Å². The molecule has 5 nitrogen and oxygen atoms in total. The Kier molecular flexibility index (Phi) is 2.65. The molecule has 0 spiro atoms. The van der Waals surface area contributed by atoms with Gasteiger partial charge in [-0.05, 0) is 78.7 Å². The molecule has 0 atom stereocenters. The molecule has 4 saturated carbocycles. The first-order valence-electron chi connectivity index (χ1n) is 7.71. The molecular formula is C14H23N5. The van der Waals surface area contributed by atoms with Gasteiger partial charge >= 0.3 is 0 Å². The molecule has 4 aliphatic carbocycles. The van der Waals surface area contributed by atoms with Crippen LogP contribution in [0.1, 0.15) is 44.3 Å². The highest BCUT2D eigenvalue weighted by Crippen LogP contribution is 2.60. The van der Waals surface area contributed by atoms with E-state index in [0.717, 1.165) is 36.5 Å². The van der Waals surface area contributed by atoms with E-state index < -0.39 is 0 Å². The molecule has 0 saturated heterocycles. The van der Waals surface area contributed by atoms with Crippen LogP contribution in [-0.4, -0.2) is 26.8 Å². The van der Waals surface area contributed by atoms with E-state index in [-0.39, 0.29) is 0 Å². The molecule has 0 unspecified atom stereocenters. The summed E-state index contributed by atoms with van der Waals surface area (Å²) in [5.41, 5.74) is 6.13. The van der Waals surface area contributed by atoms with Crippen LogP contribution in [0.25, 0.3) is 0 Å². The van der Waals surface area contributed by atoms with Crippen LogP contribution < -0.4 is 5.73 Å². The highest BCUT2D eigenvalue weighted by Gasteiger charge is 2.51. The van der Waals surface area contributed by atoms with Crippen molar-refractivity contribution < 1.29 is 0 Å². The third-order valence-corrected chi connectivity index (χ3v) is 5.62. The molecule has 4 bridgehead atoms. The summed E-state index contributed by atoms with van der Waals surface area (Å²) in [6.07, 6.45) is 9.47. The van der Waals surface area contributed by atoms with Crippen LogP contribution in [0.15, 0.2) is 0 Å². The standard InChI is InChI=1S/C14H23N5/c15-2-1-13-16-17-18-19(13)9-14-6-10-3-11(7-14)5-12(4-10)8-14/h10-12H,1-9,15H2. The number of hydrogen-bond donors (Lipinski definition) is 1. The van der Waals surface area contributed by atoms with Crippen molar-refractivity contribution in [1.29, 1.82) is 0 Å². The van der Waals surface area contributed by atoms with Crippen molar-refractivity contribution in [3.63, 3.8) is 0 Å². The zero-order valence-electron chi connectivity index (χ0n) is 11.5. The van der Waals surface area contributed by atoms with Crippen LogP contribution in [-0.2, 0) is 13.0 Å². The van der Waals surface area contributed by atoms with E-state index in [4.69, 9.17) is 5.73 Å². The van der Waals surface area contributed by atoms with Crippen molar-refractivity contribution in [2.24, 2.45) is 28.9 Å². The molecule has 0 amide bonds. The molecule has 1 aromatic rings. The fourth-order valence-electron chi connectivity index (χ4n) is 5.46. The summed E-state index contributed by atoms with van der Waals surface area (Å²) in [7, 11) is 0. The number of nitrogens with two attached hydrogens (primary N) is 1. The molecule has 4 aliphatic rings. The van der Waals surface area contributed by atoms with Crippen molar-refractivity contribution in [3.8, 4) is 0 Å². The molecule has 0 aliphatic heterocycles. The highest BCUT2D eigenvalue weighted by molar-refractivity contribution is 5.01. The number of hydrogen-bond acceptors (Lipinski definition) is 4. The summed E-state index contributed by atoms with van der Waals surface area (Å²) in [6, 6.07) is 0. The van der Waals surface area contributed by atoms with Gasteiger partial charge in [0.05, 0.1) is 6.54 Å². The summed E-state index contributed by atoms with van der Waals surface area (Å²) < 4.78 is 2.04. The molecule has 1 heterocycles. The van der Waals surface area contributed by atoms with Crippen molar-refractivity contribution in [3.05, 3.63) is 5.82 Å². The molecule has 19 heavy (non-hydrogen) atoms. The predicted molar refractivity (Wildman–Crippen MR) is 71.2 cm³/mol. The average Bonchev–Trinajstić information content (AvgIpc) is 2.74. The van der Waals surface area contributed by atoms with Gasteiger partial charge in [-0.1, -0.05) is 0 Å². The summed E-state index contributed by atoms with van der Waals surface area (Å²) >= 11 is 0. The maximum Gasteiger partial charge on any atom is 0.152 e. The molecule has 0 aromatic carbocycles. The fourth-order valence-corrected chi connectivity index (χ4v) is 5.46. The number of tetrazole rings is 1. The lowest BCUT2D eigenvalue weighted by Crippen LogP contribution is -2.48. The van der Waals surface area contributed by atoms with E-state index in [1.165, 1.54) is 38.5 Å². The Morgan fingerprint density at radius 2 is 1.74 bits per heavy atom. The topological polar surface area (TPSA) is 69.6 Å². The third kappa shape index (κ3) is 1.98. The zero-order chi connectivity index (χ0) is 12.9. The number of rotatable bonds is 4. The Morgan fingerprint density at radius 3 is 2.32 bits per heavy atom. The summed E-state index contributed by atoms with van der Waals surface area (Å²) in [5.74, 6) is 3.93. The third-order valence-electron chi connectivity index (χ3n) is 5.62. The van der Waals surface area contributed by atoms with Crippen molar-refractivity contribution in [2.75, 3.05) is 6.54 Å². The van der Waals surface area contributed by atoms with Crippen LogP contribution in [0, 0.1) is 23.2 Å². The second kappa shape index (κ2) is 4.27. The van der Waals surface area contributed by atoms with Gasteiger partial charge < -0.3 is 5.73 Å². The first-order valence-corrected chi connectivity index (χ1v) is 7.71. The largest absolute Gasteiger partial charge is 0.330 e. The number of nitrogens with zero attached hydrogens (tertiary/aromatic N) is 4. The molecule has 4 fully saturated rings. The summed E-state index contributed by atoms with van der Waals surface area (Å²) in [5, 5.41) is 12.2. The lowest BCUT2D eigenvalue weighted by atomic mass is 9.49. The molecular weight excluding hydrogens is 238 g/mol. The van der Waals surface area contributed by atoms with Gasteiger partial charge in [0, 0.05) is 6.42 Å². The number of aromatic nitrogens is 4. The van der Waals surface area contributed by atoms with Crippen molar-refractivity contribution in [1.82, 2.24) is 20.2 Å². The molecule has 0 radical (unpaired) electrons. The van der Waals surface area contributed by atoms with E-state index in [0.29, 0.717) is 12.0 Å². The van der Waals surface area contributed by atoms with Gasteiger partial charge in [-0.3, -0.25) is 0 Å². The summed E-state index contributed by atoms with van der Waals surface area (Å²) in [6.45, 7) is 1.65. The first-order chi connectivity index (χ1) is 9.26. The molecule has 5 heteroatoms.